The van der Waals surface area contributed by atoms with Gasteiger partial charge in [0.1, 0.15) is 0 Å². The molecule has 0 saturated carbocycles. The Morgan fingerprint density at radius 1 is 1.31 bits per heavy atom. The van der Waals surface area contributed by atoms with Crippen molar-refractivity contribution in [3.05, 3.63) is 34.5 Å². The molecule has 2 aliphatic rings. The van der Waals surface area contributed by atoms with Crippen LogP contribution in [0.5, 0.6) is 0 Å². The highest BCUT2D eigenvalue weighted by atomic mass is 35.5. The minimum atomic E-state index is -3.07. The average molecular weight is 437 g/mol. The summed E-state index contributed by atoms with van der Waals surface area (Å²) < 4.78 is 23.7. The zero-order valence-electron chi connectivity index (χ0n) is 16.5. The zero-order valence-corrected chi connectivity index (χ0v) is 18.0. The predicted octanol–water partition coefficient (Wildman–Crippen LogP) is 2.31. The van der Waals surface area contributed by atoms with Gasteiger partial charge in [-0.2, -0.15) is 0 Å². The molecular formula is C20H25ClN4O3S. The molecule has 1 unspecified atom stereocenters. The number of sulfone groups is 1. The van der Waals surface area contributed by atoms with Gasteiger partial charge in [-0.1, -0.05) is 17.7 Å². The molecule has 1 aromatic carbocycles. The molecule has 1 aliphatic carbocycles. The van der Waals surface area contributed by atoms with Crippen molar-refractivity contribution >= 4 is 49.5 Å². The molecule has 1 saturated heterocycles. The Morgan fingerprint density at radius 2 is 2.03 bits per heavy atom. The number of allylic oxidation sites excluding steroid dienone is 2. The summed E-state index contributed by atoms with van der Waals surface area (Å²) in [5.41, 5.74) is 9.27. The zero-order chi connectivity index (χ0) is 20.9. The van der Waals surface area contributed by atoms with Crippen molar-refractivity contribution in [2.45, 2.75) is 30.6 Å². The minimum absolute atomic E-state index is 0.358. The lowest BCUT2D eigenvalue weighted by molar-refractivity contribution is 0.100. The van der Waals surface area contributed by atoms with E-state index in [4.69, 9.17) is 17.3 Å². The summed E-state index contributed by atoms with van der Waals surface area (Å²) in [5.74, 6) is -0.520. The second-order valence-electron chi connectivity index (χ2n) is 7.94. The Labute approximate surface area is 175 Å². The first-order valence-electron chi connectivity index (χ1n) is 9.64. The van der Waals surface area contributed by atoms with E-state index in [1.807, 2.05) is 19.2 Å². The number of benzene rings is 1. The van der Waals surface area contributed by atoms with E-state index in [9.17, 15) is 13.2 Å². The van der Waals surface area contributed by atoms with Gasteiger partial charge >= 0.3 is 0 Å². The number of rotatable bonds is 5. The number of carbonyl (C=O) groups is 1. The molecule has 9 heteroatoms. The molecular weight excluding hydrogens is 412 g/mol. The summed E-state index contributed by atoms with van der Waals surface area (Å²) in [4.78, 5) is 17.5. The van der Waals surface area contributed by atoms with Crippen LogP contribution in [-0.2, 0) is 9.84 Å². The topological polar surface area (TPSA) is 108 Å². The number of nitrogens with one attached hydrogen (secondary N) is 2. The Kier molecular flexibility index (Phi) is 5.13. The summed E-state index contributed by atoms with van der Waals surface area (Å²) in [6.45, 7) is 1.78. The average Bonchev–Trinajstić information content (AvgIpc) is 2.96. The van der Waals surface area contributed by atoms with Crippen LogP contribution in [0.3, 0.4) is 0 Å². The van der Waals surface area contributed by atoms with Crippen LogP contribution in [0.1, 0.15) is 35.3 Å². The van der Waals surface area contributed by atoms with E-state index < -0.39 is 15.7 Å². The second kappa shape index (κ2) is 7.34. The first-order chi connectivity index (χ1) is 13.7. The van der Waals surface area contributed by atoms with Crippen molar-refractivity contribution in [3.63, 3.8) is 0 Å². The summed E-state index contributed by atoms with van der Waals surface area (Å²) >= 11 is 6.82. The third-order valence-corrected chi connectivity index (χ3v) is 8.13. The number of hydrogen-bond donors (Lipinski definition) is 3. The van der Waals surface area contributed by atoms with Crippen molar-refractivity contribution in [1.82, 2.24) is 10.3 Å². The van der Waals surface area contributed by atoms with Gasteiger partial charge in [0, 0.05) is 37.5 Å². The normalized spacial score (nSPS) is 20.4. The van der Waals surface area contributed by atoms with E-state index in [0.717, 1.165) is 35.4 Å². The van der Waals surface area contributed by atoms with Crippen LogP contribution in [0, 0.1) is 0 Å². The van der Waals surface area contributed by atoms with Crippen molar-refractivity contribution in [1.29, 1.82) is 0 Å². The Balaban J connectivity index is 1.82. The Hall–Kier alpha value is -2.03. The van der Waals surface area contributed by atoms with Gasteiger partial charge in [-0.15, -0.1) is 0 Å². The molecule has 7 nitrogen and oxygen atoms in total. The van der Waals surface area contributed by atoms with Crippen LogP contribution in [0.15, 0.2) is 18.2 Å². The Morgan fingerprint density at radius 3 is 2.55 bits per heavy atom. The lowest BCUT2D eigenvalue weighted by Crippen LogP contribution is -2.56. The number of H-pyrrole nitrogens is 1. The van der Waals surface area contributed by atoms with Gasteiger partial charge in [-0.3, -0.25) is 4.79 Å². The summed E-state index contributed by atoms with van der Waals surface area (Å²) in [7, 11) is -1.05. The molecule has 1 fully saturated rings. The number of aromatic amines is 1. The van der Waals surface area contributed by atoms with Crippen molar-refractivity contribution in [2.24, 2.45) is 5.73 Å². The van der Waals surface area contributed by atoms with E-state index >= 15 is 0 Å². The molecule has 1 aliphatic heterocycles. The lowest BCUT2D eigenvalue weighted by Gasteiger charge is -2.37. The highest BCUT2D eigenvalue weighted by molar-refractivity contribution is 7.91. The van der Waals surface area contributed by atoms with Gasteiger partial charge in [0.05, 0.1) is 33.1 Å². The molecule has 0 bridgehead atoms. The third-order valence-electron chi connectivity index (χ3n) is 6.11. The number of nitrogens with two attached hydrogens (primary N) is 1. The number of anilines is 1. The fourth-order valence-electron chi connectivity index (χ4n) is 4.14. The van der Waals surface area contributed by atoms with Gasteiger partial charge in [0.25, 0.3) is 5.91 Å². The van der Waals surface area contributed by atoms with Crippen molar-refractivity contribution in [3.8, 4) is 0 Å². The van der Waals surface area contributed by atoms with E-state index in [2.05, 4.69) is 15.2 Å². The fraction of sp³-hybridized carbons (Fsp3) is 0.450. The molecule has 29 heavy (non-hydrogen) atoms. The van der Waals surface area contributed by atoms with Crippen LogP contribution in [-0.4, -0.2) is 57.0 Å². The van der Waals surface area contributed by atoms with Crippen LogP contribution in [0.2, 0.25) is 5.02 Å². The molecule has 4 rings (SSSR count). The predicted molar refractivity (Wildman–Crippen MR) is 117 cm³/mol. The summed E-state index contributed by atoms with van der Waals surface area (Å²) in [5, 5.41) is 4.22. The lowest BCUT2D eigenvalue weighted by atomic mass is 9.96. The molecule has 1 amide bonds. The van der Waals surface area contributed by atoms with Gasteiger partial charge in [0.15, 0.2) is 9.84 Å². The standard InChI is InChI=1S/C20H25ClN4O3S/c1-25(12-9-23-10-12)15-8-7-14(20(22)26)19-16(15)17(21)18(24-19)11-3-5-13(6-4-11)29(2,27)28/h3,7-8,12-13,23-24H,4-6,9-10H2,1-2H3,(H2,22,26). The second-order valence-corrected chi connectivity index (χ2v) is 10.6. The van der Waals surface area contributed by atoms with Crippen molar-refractivity contribution in [2.75, 3.05) is 31.3 Å². The van der Waals surface area contributed by atoms with Gasteiger partial charge in [-0.05, 0) is 37.0 Å². The SMILES string of the molecule is CN(c1ccc(C(N)=O)c2[nH]c(C3=CCC(S(C)(=O)=O)CC3)c(Cl)c12)C1CNC1. The fourth-order valence-corrected chi connectivity index (χ4v) is 5.49. The van der Waals surface area contributed by atoms with E-state index in [1.54, 1.807) is 6.07 Å². The maximum absolute atomic E-state index is 12.0. The number of amides is 1. The first-order valence-corrected chi connectivity index (χ1v) is 12.0. The van der Waals surface area contributed by atoms with E-state index in [1.165, 1.54) is 6.26 Å². The number of halogens is 1. The molecule has 2 aromatic rings. The highest BCUT2D eigenvalue weighted by Crippen LogP contribution is 2.42. The van der Waals surface area contributed by atoms with Gasteiger partial charge in [0.2, 0.25) is 0 Å². The molecule has 0 spiro atoms. The van der Waals surface area contributed by atoms with Crippen LogP contribution in [0.4, 0.5) is 5.69 Å². The monoisotopic (exact) mass is 436 g/mol. The van der Waals surface area contributed by atoms with Gasteiger partial charge < -0.3 is 20.9 Å². The van der Waals surface area contributed by atoms with E-state index in [-0.39, 0.29) is 5.25 Å². The van der Waals surface area contributed by atoms with E-state index in [0.29, 0.717) is 41.4 Å². The quantitative estimate of drug-likeness (QED) is 0.666. The number of aromatic nitrogens is 1. The number of hydrogen-bond acceptors (Lipinski definition) is 5. The number of nitrogens with zero attached hydrogens (tertiary/aromatic N) is 1. The third kappa shape index (κ3) is 3.53. The summed E-state index contributed by atoms with van der Waals surface area (Å²) in [6, 6.07) is 3.98. The maximum Gasteiger partial charge on any atom is 0.250 e. The molecule has 156 valence electrons. The molecule has 4 N–H and O–H groups in total. The highest BCUT2D eigenvalue weighted by Gasteiger charge is 2.29. The smallest absolute Gasteiger partial charge is 0.250 e. The number of likely N-dealkylation sites (N-methyl/N-ethyl adjacent to an activating group) is 1. The van der Waals surface area contributed by atoms with Crippen LogP contribution >= 0.6 is 11.6 Å². The number of primary amides is 1. The molecule has 2 heterocycles. The maximum atomic E-state index is 12.0. The molecule has 1 atom stereocenters. The van der Waals surface area contributed by atoms with Crippen LogP contribution < -0.4 is 16.0 Å². The number of fused-ring (bicyclic) bond motifs is 1. The first kappa shape index (κ1) is 20.3. The summed E-state index contributed by atoms with van der Waals surface area (Å²) in [6.07, 6.45) is 4.84. The Bertz CT molecular complexity index is 1120. The number of carbonyl (C=O) groups excluding carboxylic acids is 1. The van der Waals surface area contributed by atoms with Crippen molar-refractivity contribution < 1.29 is 13.2 Å². The largest absolute Gasteiger partial charge is 0.368 e. The molecule has 1 aromatic heterocycles. The van der Waals surface area contributed by atoms with Gasteiger partial charge in [-0.25, -0.2) is 8.42 Å². The molecule has 0 radical (unpaired) electrons. The van der Waals surface area contributed by atoms with Crippen LogP contribution in [0.25, 0.3) is 16.5 Å². The minimum Gasteiger partial charge on any atom is -0.368 e.